The fourth-order valence-corrected chi connectivity index (χ4v) is 2.05. The highest BCUT2D eigenvalue weighted by molar-refractivity contribution is 6.40. The van der Waals surface area contributed by atoms with Crippen molar-refractivity contribution in [2.24, 2.45) is 0 Å². The van der Waals surface area contributed by atoms with Gasteiger partial charge in [0.1, 0.15) is 0 Å². The number of halogens is 2. The van der Waals surface area contributed by atoms with Crippen LogP contribution in [0.5, 0.6) is 0 Å². The Balaban J connectivity index is 2.83. The van der Waals surface area contributed by atoms with E-state index in [9.17, 15) is 9.59 Å². The maximum absolute atomic E-state index is 12.0. The van der Waals surface area contributed by atoms with E-state index in [0.29, 0.717) is 13.1 Å². The summed E-state index contributed by atoms with van der Waals surface area (Å²) in [7, 11) is 5.46. The van der Waals surface area contributed by atoms with Gasteiger partial charge in [-0.2, -0.15) is 0 Å². The van der Waals surface area contributed by atoms with E-state index in [0.717, 1.165) is 0 Å². The monoisotopic (exact) mass is 333 g/mol. The Morgan fingerprint density at radius 3 is 2.10 bits per heavy atom. The van der Waals surface area contributed by atoms with Gasteiger partial charge in [0, 0.05) is 20.1 Å². The zero-order valence-corrected chi connectivity index (χ0v) is 13.5. The molecule has 2 N–H and O–H groups in total. The molecule has 116 valence electrons. The highest BCUT2D eigenvalue weighted by Gasteiger charge is 2.16. The molecule has 0 fully saturated rings. The first-order valence-electron chi connectivity index (χ1n) is 6.11. The summed E-state index contributed by atoms with van der Waals surface area (Å²) in [5.74, 6) is -1.14. The number of amides is 2. The highest BCUT2D eigenvalue weighted by Crippen LogP contribution is 2.32. The number of urea groups is 1. The first-order valence-corrected chi connectivity index (χ1v) is 6.87. The topological polar surface area (TPSA) is 72.9 Å². The van der Waals surface area contributed by atoms with Gasteiger partial charge in [-0.15, -0.1) is 0 Å². The van der Waals surface area contributed by atoms with Crippen molar-refractivity contribution < 1.29 is 14.7 Å². The molecule has 0 unspecified atom stereocenters. The summed E-state index contributed by atoms with van der Waals surface area (Å²) >= 11 is 11.9. The van der Waals surface area contributed by atoms with Gasteiger partial charge in [0.15, 0.2) is 0 Å². The maximum Gasteiger partial charge on any atom is 0.335 e. The number of likely N-dealkylation sites (N-methyl/N-ethyl adjacent to an activating group) is 2. The summed E-state index contributed by atoms with van der Waals surface area (Å²) in [4.78, 5) is 26.3. The summed E-state index contributed by atoms with van der Waals surface area (Å²) in [6, 6.07) is 2.11. The number of carboxylic acids is 1. The van der Waals surface area contributed by atoms with Crippen LogP contribution in [0.1, 0.15) is 10.4 Å². The van der Waals surface area contributed by atoms with E-state index in [4.69, 9.17) is 28.3 Å². The predicted octanol–water partition coefficient (Wildman–Crippen LogP) is 2.72. The fourth-order valence-electron chi connectivity index (χ4n) is 1.47. The average Bonchev–Trinajstić information content (AvgIpc) is 2.39. The minimum Gasteiger partial charge on any atom is -0.478 e. The number of nitrogens with zero attached hydrogens (tertiary/aromatic N) is 2. The van der Waals surface area contributed by atoms with Crippen LogP contribution in [0.15, 0.2) is 12.1 Å². The van der Waals surface area contributed by atoms with Crippen molar-refractivity contribution in [3.63, 3.8) is 0 Å². The van der Waals surface area contributed by atoms with Gasteiger partial charge in [-0.25, -0.2) is 9.59 Å². The van der Waals surface area contributed by atoms with Gasteiger partial charge in [-0.3, -0.25) is 0 Å². The molecule has 21 heavy (non-hydrogen) atoms. The second kappa shape index (κ2) is 7.49. The van der Waals surface area contributed by atoms with E-state index in [1.807, 2.05) is 19.0 Å². The van der Waals surface area contributed by atoms with Crippen molar-refractivity contribution in [1.29, 1.82) is 0 Å². The number of aromatic carboxylic acids is 1. The predicted molar refractivity (Wildman–Crippen MR) is 83.6 cm³/mol. The first-order chi connectivity index (χ1) is 9.72. The maximum atomic E-state index is 12.0. The van der Waals surface area contributed by atoms with Gasteiger partial charge >= 0.3 is 12.0 Å². The van der Waals surface area contributed by atoms with Gasteiger partial charge in [0.25, 0.3) is 0 Å². The van der Waals surface area contributed by atoms with Gasteiger partial charge < -0.3 is 20.2 Å². The molecule has 0 atom stereocenters. The lowest BCUT2D eigenvalue weighted by molar-refractivity contribution is 0.0697. The molecule has 0 heterocycles. The van der Waals surface area contributed by atoms with Crippen molar-refractivity contribution in [3.8, 4) is 0 Å². The Morgan fingerprint density at radius 1 is 1.14 bits per heavy atom. The quantitative estimate of drug-likeness (QED) is 0.868. The summed E-state index contributed by atoms with van der Waals surface area (Å²) in [6.07, 6.45) is 0. The van der Waals surface area contributed by atoms with Crippen molar-refractivity contribution in [2.75, 3.05) is 39.5 Å². The molecule has 0 aliphatic heterocycles. The number of carbonyl (C=O) groups is 2. The Morgan fingerprint density at radius 2 is 1.67 bits per heavy atom. The number of rotatable bonds is 5. The van der Waals surface area contributed by atoms with Crippen LogP contribution in [0, 0.1) is 0 Å². The second-order valence-corrected chi connectivity index (χ2v) is 5.59. The number of carbonyl (C=O) groups excluding carboxylic acids is 1. The fraction of sp³-hybridized carbons (Fsp3) is 0.385. The van der Waals surface area contributed by atoms with Crippen LogP contribution < -0.4 is 5.32 Å². The third kappa shape index (κ3) is 5.08. The molecule has 0 radical (unpaired) electrons. The third-order valence-electron chi connectivity index (χ3n) is 2.75. The van der Waals surface area contributed by atoms with E-state index in [2.05, 4.69) is 5.32 Å². The largest absolute Gasteiger partial charge is 0.478 e. The van der Waals surface area contributed by atoms with Crippen LogP contribution in [-0.4, -0.2) is 61.1 Å². The molecule has 1 rings (SSSR count). The second-order valence-electron chi connectivity index (χ2n) is 4.78. The standard InChI is InChI=1S/C13H17Cl2N3O3/c1-17(2)4-5-18(3)13(21)16-11-9(14)6-8(12(19)20)7-10(11)15/h6-7H,4-5H2,1-3H3,(H,16,21)(H,19,20). The minimum absolute atomic E-state index is 0.0380. The van der Waals surface area contributed by atoms with Crippen LogP contribution >= 0.6 is 23.2 Å². The highest BCUT2D eigenvalue weighted by atomic mass is 35.5. The van der Waals surface area contributed by atoms with Crippen molar-refractivity contribution in [1.82, 2.24) is 9.80 Å². The summed E-state index contributed by atoms with van der Waals surface area (Å²) in [5.41, 5.74) is 0.161. The van der Waals surface area contributed by atoms with Crippen molar-refractivity contribution >= 4 is 40.9 Å². The lowest BCUT2D eigenvalue weighted by atomic mass is 10.2. The van der Waals surface area contributed by atoms with E-state index < -0.39 is 5.97 Å². The molecule has 0 saturated heterocycles. The molecule has 0 spiro atoms. The summed E-state index contributed by atoms with van der Waals surface area (Å²) in [6.45, 7) is 1.24. The smallest absolute Gasteiger partial charge is 0.335 e. The number of benzene rings is 1. The van der Waals surface area contributed by atoms with E-state index in [1.165, 1.54) is 17.0 Å². The molecule has 2 amide bonds. The molecule has 8 heteroatoms. The van der Waals surface area contributed by atoms with Gasteiger partial charge in [0.2, 0.25) is 0 Å². The molecule has 0 saturated carbocycles. The Bertz CT molecular complexity index is 526. The Kier molecular flexibility index (Phi) is 6.26. The Labute approximate surface area is 133 Å². The van der Waals surface area contributed by atoms with Crippen molar-refractivity contribution in [3.05, 3.63) is 27.7 Å². The normalized spacial score (nSPS) is 10.6. The third-order valence-corrected chi connectivity index (χ3v) is 3.35. The van der Waals surface area contributed by atoms with Crippen LogP contribution in [0.3, 0.4) is 0 Å². The number of hydrogen-bond donors (Lipinski definition) is 2. The summed E-state index contributed by atoms with van der Waals surface area (Å²) in [5, 5.41) is 11.6. The summed E-state index contributed by atoms with van der Waals surface area (Å²) < 4.78 is 0. The van der Waals surface area contributed by atoms with E-state index in [1.54, 1.807) is 7.05 Å². The number of nitrogens with one attached hydrogen (secondary N) is 1. The number of hydrogen-bond acceptors (Lipinski definition) is 3. The Hall–Kier alpha value is -1.50. The molecule has 0 aliphatic rings. The minimum atomic E-state index is -1.14. The van der Waals surface area contributed by atoms with Gasteiger partial charge in [-0.05, 0) is 26.2 Å². The molecule has 0 bridgehead atoms. The van der Waals surface area contributed by atoms with E-state index >= 15 is 0 Å². The van der Waals surface area contributed by atoms with Crippen LogP contribution in [-0.2, 0) is 0 Å². The lowest BCUT2D eigenvalue weighted by Crippen LogP contribution is -2.36. The number of anilines is 1. The molecule has 6 nitrogen and oxygen atoms in total. The lowest BCUT2D eigenvalue weighted by Gasteiger charge is -2.21. The van der Waals surface area contributed by atoms with Gasteiger partial charge in [0.05, 0.1) is 21.3 Å². The SMILES string of the molecule is CN(C)CCN(C)C(=O)Nc1c(Cl)cc(C(=O)O)cc1Cl. The molecule has 1 aromatic rings. The zero-order chi connectivity index (χ0) is 16.2. The van der Waals surface area contributed by atoms with Crippen LogP contribution in [0.4, 0.5) is 10.5 Å². The first kappa shape index (κ1) is 17.6. The van der Waals surface area contributed by atoms with Crippen LogP contribution in [0.25, 0.3) is 0 Å². The molecular weight excluding hydrogens is 317 g/mol. The molecule has 0 aromatic heterocycles. The molecule has 1 aromatic carbocycles. The zero-order valence-electron chi connectivity index (χ0n) is 12.0. The van der Waals surface area contributed by atoms with Crippen LogP contribution in [0.2, 0.25) is 10.0 Å². The van der Waals surface area contributed by atoms with Gasteiger partial charge in [-0.1, -0.05) is 23.2 Å². The molecular formula is C13H17Cl2N3O3. The van der Waals surface area contributed by atoms with E-state index in [-0.39, 0.29) is 27.3 Å². The number of carboxylic acid groups (broad SMARTS) is 1. The van der Waals surface area contributed by atoms with Crippen molar-refractivity contribution in [2.45, 2.75) is 0 Å². The molecule has 0 aliphatic carbocycles. The average molecular weight is 334 g/mol.